The summed E-state index contributed by atoms with van der Waals surface area (Å²) >= 11 is 0. The van der Waals surface area contributed by atoms with Crippen molar-refractivity contribution in [3.63, 3.8) is 0 Å². The van der Waals surface area contributed by atoms with E-state index in [9.17, 15) is 19.2 Å². The van der Waals surface area contributed by atoms with Gasteiger partial charge in [-0.15, -0.1) is 0 Å². The van der Waals surface area contributed by atoms with Gasteiger partial charge in [0.25, 0.3) is 0 Å². The third-order valence-corrected chi connectivity index (χ3v) is 6.04. The highest BCUT2D eigenvalue weighted by Crippen LogP contribution is 2.25. The average Bonchev–Trinajstić information content (AvgIpc) is 2.63. The van der Waals surface area contributed by atoms with E-state index in [1.54, 1.807) is 0 Å². The molecule has 0 heterocycles. The number of unbranched alkanes of at least 4 members (excludes halogenated alkanes) is 2. The second kappa shape index (κ2) is 15.6. The van der Waals surface area contributed by atoms with Gasteiger partial charge >= 0.3 is 11.9 Å². The smallest absolute Gasteiger partial charge is 0.330 e. The fourth-order valence-electron chi connectivity index (χ4n) is 2.05. The van der Waals surface area contributed by atoms with Crippen molar-refractivity contribution in [2.24, 2.45) is 5.73 Å². The van der Waals surface area contributed by atoms with Crippen molar-refractivity contribution in [3.8, 4) is 0 Å². The van der Waals surface area contributed by atoms with Gasteiger partial charge in [0.05, 0.1) is 13.2 Å². The Morgan fingerprint density at radius 1 is 0.857 bits per heavy atom. The number of imide groups is 1. The highest BCUT2D eigenvalue weighted by Gasteiger charge is 2.32. The Hall–Kier alpha value is -1.26. The summed E-state index contributed by atoms with van der Waals surface area (Å²) in [6.07, 6.45) is 3.27. The first kappa shape index (κ1) is 26.7. The van der Waals surface area contributed by atoms with Gasteiger partial charge in [-0.2, -0.15) is 0 Å². The van der Waals surface area contributed by atoms with Gasteiger partial charge in [0.1, 0.15) is 12.1 Å². The van der Waals surface area contributed by atoms with Crippen molar-refractivity contribution in [2.75, 3.05) is 24.7 Å². The average molecular weight is 437 g/mol. The number of esters is 2. The summed E-state index contributed by atoms with van der Waals surface area (Å²) < 4.78 is 10.2. The van der Waals surface area contributed by atoms with Crippen molar-refractivity contribution in [1.29, 1.82) is 0 Å². The molecule has 0 saturated carbocycles. The van der Waals surface area contributed by atoms with Crippen LogP contribution in [-0.2, 0) is 28.7 Å². The maximum absolute atomic E-state index is 12.4. The lowest BCUT2D eigenvalue weighted by molar-refractivity contribution is -0.159. The summed E-state index contributed by atoms with van der Waals surface area (Å²) in [6.45, 7) is 7.00. The molecule has 0 aromatic heterocycles. The predicted molar refractivity (Wildman–Crippen MR) is 112 cm³/mol. The van der Waals surface area contributed by atoms with Crippen molar-refractivity contribution in [1.82, 2.24) is 4.90 Å². The van der Waals surface area contributed by atoms with Crippen LogP contribution in [0, 0.1) is 0 Å². The van der Waals surface area contributed by atoms with Gasteiger partial charge in [0.15, 0.2) is 0 Å². The maximum Gasteiger partial charge on any atom is 0.330 e. The molecule has 0 fully saturated rings. The summed E-state index contributed by atoms with van der Waals surface area (Å²) in [6, 6.07) is -1.79. The molecule has 8 nitrogen and oxygen atoms in total. The topological polar surface area (TPSA) is 116 Å². The number of carbonyl (C=O) groups is 4. The van der Waals surface area contributed by atoms with E-state index < -0.39 is 35.8 Å². The SMILES string of the molecule is CCCCOC(=O)[C@@H](N)CSSC[C@@H](C(=O)OCCCC)N(C(C)=O)C(C)=O. The number of ether oxygens (including phenoxy) is 2. The molecule has 28 heavy (non-hydrogen) atoms. The molecule has 0 bridgehead atoms. The van der Waals surface area contributed by atoms with Gasteiger partial charge in [-0.05, 0) is 12.8 Å². The summed E-state index contributed by atoms with van der Waals surface area (Å²) in [4.78, 5) is 48.6. The summed E-state index contributed by atoms with van der Waals surface area (Å²) in [5, 5.41) is 0. The summed E-state index contributed by atoms with van der Waals surface area (Å²) in [5.41, 5.74) is 5.79. The van der Waals surface area contributed by atoms with Crippen LogP contribution in [0.2, 0.25) is 0 Å². The van der Waals surface area contributed by atoms with Crippen LogP contribution in [-0.4, -0.2) is 65.5 Å². The molecule has 2 N–H and O–H groups in total. The number of nitrogens with two attached hydrogens (primary N) is 1. The molecule has 0 saturated heterocycles. The van der Waals surface area contributed by atoms with Gasteiger partial charge in [0, 0.05) is 25.4 Å². The zero-order chi connectivity index (χ0) is 21.5. The quantitative estimate of drug-likeness (QED) is 0.248. The third kappa shape index (κ3) is 10.9. The molecule has 0 aromatic rings. The molecule has 0 aliphatic carbocycles. The van der Waals surface area contributed by atoms with Crippen LogP contribution in [0.15, 0.2) is 0 Å². The van der Waals surface area contributed by atoms with Crippen molar-refractivity contribution < 1.29 is 28.7 Å². The number of amides is 2. The van der Waals surface area contributed by atoms with Crippen molar-refractivity contribution in [2.45, 2.75) is 65.5 Å². The second-order valence-corrected chi connectivity index (χ2v) is 8.69. The van der Waals surface area contributed by atoms with Crippen molar-refractivity contribution >= 4 is 45.3 Å². The van der Waals surface area contributed by atoms with Crippen LogP contribution < -0.4 is 5.73 Å². The Morgan fingerprint density at radius 3 is 1.79 bits per heavy atom. The molecule has 162 valence electrons. The zero-order valence-electron chi connectivity index (χ0n) is 17.1. The highest BCUT2D eigenvalue weighted by molar-refractivity contribution is 8.76. The number of hydrogen-bond donors (Lipinski definition) is 1. The number of hydrogen-bond acceptors (Lipinski definition) is 9. The molecular weight excluding hydrogens is 404 g/mol. The normalized spacial score (nSPS) is 12.8. The molecular formula is C18H32N2O6S2. The molecule has 0 unspecified atom stereocenters. The van der Waals surface area contributed by atoms with E-state index in [0.717, 1.165) is 24.2 Å². The van der Waals surface area contributed by atoms with Gasteiger partial charge in [-0.3, -0.25) is 19.3 Å². The van der Waals surface area contributed by atoms with Crippen LogP contribution in [0.1, 0.15) is 53.4 Å². The van der Waals surface area contributed by atoms with Crippen LogP contribution in [0.4, 0.5) is 0 Å². The van der Waals surface area contributed by atoms with E-state index in [4.69, 9.17) is 15.2 Å². The second-order valence-electron chi connectivity index (χ2n) is 6.14. The molecule has 0 radical (unpaired) electrons. The van der Waals surface area contributed by atoms with E-state index in [-0.39, 0.29) is 18.1 Å². The number of carbonyl (C=O) groups excluding carboxylic acids is 4. The van der Waals surface area contributed by atoms with Crippen LogP contribution >= 0.6 is 21.6 Å². The van der Waals surface area contributed by atoms with E-state index in [2.05, 4.69) is 0 Å². The molecule has 0 rings (SSSR count). The summed E-state index contributed by atoms with van der Waals surface area (Å²) in [7, 11) is 2.53. The molecule has 0 aliphatic rings. The minimum absolute atomic E-state index is 0.145. The van der Waals surface area contributed by atoms with Crippen molar-refractivity contribution in [3.05, 3.63) is 0 Å². The largest absolute Gasteiger partial charge is 0.465 e. The lowest BCUT2D eigenvalue weighted by Crippen LogP contribution is -2.49. The van der Waals surface area contributed by atoms with Crippen LogP contribution in [0.3, 0.4) is 0 Å². The van der Waals surface area contributed by atoms with Crippen LogP contribution in [0.25, 0.3) is 0 Å². The predicted octanol–water partition coefficient (Wildman–Crippen LogP) is 2.15. The first-order valence-electron chi connectivity index (χ1n) is 9.39. The van der Waals surface area contributed by atoms with E-state index >= 15 is 0 Å². The van der Waals surface area contributed by atoms with Gasteiger partial charge in [-0.1, -0.05) is 48.3 Å². The fourth-order valence-corrected chi connectivity index (χ4v) is 4.34. The monoisotopic (exact) mass is 436 g/mol. The Kier molecular flexibility index (Phi) is 14.9. The van der Waals surface area contributed by atoms with Crippen LogP contribution in [0.5, 0.6) is 0 Å². The highest BCUT2D eigenvalue weighted by atomic mass is 33.1. The Bertz CT molecular complexity index is 504. The first-order chi connectivity index (χ1) is 13.3. The molecule has 2 amide bonds. The minimum atomic E-state index is -1.02. The lowest BCUT2D eigenvalue weighted by Gasteiger charge is -2.26. The van der Waals surface area contributed by atoms with Gasteiger partial charge < -0.3 is 15.2 Å². The molecule has 2 atom stereocenters. The standard InChI is InChI=1S/C18H32N2O6S2/c1-5-7-9-25-17(23)15(19)11-27-28-12-16(18(24)26-10-8-6-2)20(13(3)21)14(4)22/h15-16H,5-12,19H2,1-4H3/t15-,16-/m0/s1. The Morgan fingerprint density at radius 2 is 1.32 bits per heavy atom. The van der Waals surface area contributed by atoms with Gasteiger partial charge in [0.2, 0.25) is 11.8 Å². The maximum atomic E-state index is 12.4. The number of rotatable bonds is 14. The number of nitrogens with zero attached hydrogens (tertiary/aromatic N) is 1. The fraction of sp³-hybridized carbons (Fsp3) is 0.778. The zero-order valence-corrected chi connectivity index (χ0v) is 18.7. The van der Waals surface area contributed by atoms with E-state index in [0.29, 0.717) is 13.0 Å². The Balaban J connectivity index is 4.66. The summed E-state index contributed by atoms with van der Waals surface area (Å²) in [5.74, 6) is -1.69. The third-order valence-electron chi connectivity index (χ3n) is 3.61. The first-order valence-corrected chi connectivity index (χ1v) is 11.9. The lowest BCUT2D eigenvalue weighted by atomic mass is 10.2. The van der Waals surface area contributed by atoms with E-state index in [1.807, 2.05) is 13.8 Å². The molecule has 10 heteroatoms. The molecule has 0 aliphatic heterocycles. The van der Waals surface area contributed by atoms with Gasteiger partial charge in [-0.25, -0.2) is 4.79 Å². The Labute approximate surface area is 175 Å². The molecule has 0 spiro atoms. The molecule has 0 aromatic carbocycles. The van der Waals surface area contributed by atoms with E-state index in [1.165, 1.54) is 35.4 Å². The minimum Gasteiger partial charge on any atom is -0.465 e.